The highest BCUT2D eigenvalue weighted by Crippen LogP contribution is 2.62. The average molecular weight is 284 g/mol. The molecular formula is C16H12O5. The maximum absolute atomic E-state index is 11.0. The Hall–Kier alpha value is -2.69. The van der Waals surface area contributed by atoms with Crippen LogP contribution >= 0.6 is 0 Å². The topological polar surface area (TPSA) is 71.6 Å². The molecule has 5 nitrogen and oxygen atoms in total. The van der Waals surface area contributed by atoms with Crippen LogP contribution in [0.25, 0.3) is 11.1 Å². The summed E-state index contributed by atoms with van der Waals surface area (Å²) in [7, 11) is 0. The molecule has 2 heterocycles. The predicted molar refractivity (Wildman–Crippen MR) is 74.8 cm³/mol. The number of carbonyl (C=O) groups is 1. The molecule has 21 heavy (non-hydrogen) atoms. The molecule has 0 saturated carbocycles. The number of fused-ring (bicyclic) bond motifs is 2. The number of aromatic carboxylic acids is 1. The Morgan fingerprint density at radius 1 is 1.05 bits per heavy atom. The summed E-state index contributed by atoms with van der Waals surface area (Å²) in [4.78, 5) is 11.0. The van der Waals surface area contributed by atoms with Gasteiger partial charge in [0, 0.05) is 11.1 Å². The van der Waals surface area contributed by atoms with E-state index in [0.29, 0.717) is 18.1 Å². The van der Waals surface area contributed by atoms with Crippen LogP contribution in [0.15, 0.2) is 24.3 Å². The number of rotatable bonds is 5. The summed E-state index contributed by atoms with van der Waals surface area (Å²) in [6.07, 6.45) is 0.939. The zero-order valence-electron chi connectivity index (χ0n) is 11.3. The smallest absolute Gasteiger partial charge is 0.339 e. The first-order chi connectivity index (χ1) is 10.2. The van der Waals surface area contributed by atoms with E-state index in [1.165, 1.54) is 0 Å². The molecule has 0 fully saturated rings. The van der Waals surface area contributed by atoms with Crippen LogP contribution in [0.1, 0.15) is 23.7 Å². The highest BCUT2D eigenvalue weighted by atomic mass is 16.6. The predicted octanol–water partition coefficient (Wildman–Crippen LogP) is 4.05. The van der Waals surface area contributed by atoms with E-state index in [4.69, 9.17) is 19.3 Å². The largest absolute Gasteiger partial charge is 0.490 e. The molecule has 5 heteroatoms. The Morgan fingerprint density at radius 2 is 1.71 bits per heavy atom. The van der Waals surface area contributed by atoms with Gasteiger partial charge in [-0.25, -0.2) is 4.79 Å². The summed E-state index contributed by atoms with van der Waals surface area (Å²) >= 11 is 0. The minimum absolute atomic E-state index is 0.193. The Labute approximate surface area is 120 Å². The molecule has 2 aliphatic heterocycles. The molecular weight excluding hydrogens is 272 g/mol. The van der Waals surface area contributed by atoms with E-state index in [9.17, 15) is 4.79 Å². The summed E-state index contributed by atoms with van der Waals surface area (Å²) < 4.78 is 16.4. The maximum Gasteiger partial charge on any atom is 0.339 e. The fraction of sp³-hybridized carbons (Fsp3) is 0.188. The number of benzene rings is 2. The van der Waals surface area contributed by atoms with E-state index >= 15 is 0 Å². The van der Waals surface area contributed by atoms with Gasteiger partial charge in [-0.15, -0.1) is 0 Å². The molecule has 2 aromatic rings. The number of hydrogen-bond acceptors (Lipinski definition) is 4. The molecule has 2 aromatic carbocycles. The van der Waals surface area contributed by atoms with Crippen molar-refractivity contribution in [1.29, 1.82) is 0 Å². The fourth-order valence-corrected chi connectivity index (χ4v) is 2.39. The quantitative estimate of drug-likeness (QED) is 0.560. The number of ether oxygens (including phenoxy) is 3. The monoisotopic (exact) mass is 284 g/mol. The van der Waals surface area contributed by atoms with E-state index in [1.54, 1.807) is 12.1 Å². The second kappa shape index (κ2) is 4.15. The molecule has 4 rings (SSSR count). The van der Waals surface area contributed by atoms with Crippen LogP contribution in [0.3, 0.4) is 0 Å². The molecule has 0 spiro atoms. The highest BCUT2D eigenvalue weighted by Gasteiger charge is 2.37. The zero-order chi connectivity index (χ0) is 14.6. The van der Waals surface area contributed by atoms with Gasteiger partial charge in [0.2, 0.25) is 5.75 Å². The third kappa shape index (κ3) is 1.81. The van der Waals surface area contributed by atoms with Crippen molar-refractivity contribution in [3.05, 3.63) is 29.8 Å². The Morgan fingerprint density at radius 3 is 2.43 bits per heavy atom. The van der Waals surface area contributed by atoms with Gasteiger partial charge >= 0.3 is 5.97 Å². The van der Waals surface area contributed by atoms with Gasteiger partial charge in [0.15, 0.2) is 23.0 Å². The summed E-state index contributed by atoms with van der Waals surface area (Å²) in [6.45, 7) is 2.70. The van der Waals surface area contributed by atoms with E-state index in [0.717, 1.165) is 34.8 Å². The molecule has 0 aromatic heterocycles. The van der Waals surface area contributed by atoms with Crippen molar-refractivity contribution in [3.8, 4) is 39.9 Å². The van der Waals surface area contributed by atoms with Crippen molar-refractivity contribution in [2.24, 2.45) is 0 Å². The SMILES string of the molecule is CCCOc1ccc(-c2ccc(C(=O)O)c3c2O3)c2c1O2. The van der Waals surface area contributed by atoms with Gasteiger partial charge in [0.05, 0.1) is 6.61 Å². The van der Waals surface area contributed by atoms with Crippen LogP contribution in [0, 0.1) is 0 Å². The molecule has 2 aliphatic rings. The van der Waals surface area contributed by atoms with Crippen LogP contribution in [0.5, 0.6) is 28.7 Å². The van der Waals surface area contributed by atoms with E-state index in [1.807, 2.05) is 19.1 Å². The molecule has 0 bridgehead atoms. The second-order valence-electron chi connectivity index (χ2n) is 4.95. The normalized spacial score (nSPS) is 12.6. The molecule has 0 aliphatic carbocycles. The summed E-state index contributed by atoms with van der Waals surface area (Å²) in [5.74, 6) is 2.38. The first kappa shape index (κ1) is 12.1. The minimum Gasteiger partial charge on any atom is -0.490 e. The van der Waals surface area contributed by atoms with Gasteiger partial charge in [-0.05, 0) is 30.7 Å². The number of hydrogen-bond donors (Lipinski definition) is 1. The maximum atomic E-state index is 11.0. The lowest BCUT2D eigenvalue weighted by Crippen LogP contribution is -1.93. The molecule has 106 valence electrons. The van der Waals surface area contributed by atoms with Crippen molar-refractivity contribution >= 4 is 5.97 Å². The average Bonchev–Trinajstić information content (AvgIpc) is 3.35. The standard InChI is InChI=1S/C16H12O5/c1-2-7-19-11-6-5-9(13-15(11)21-13)8-3-4-10(16(17)18)14-12(8)20-14/h3-6H,2,7H2,1H3,(H,17,18). The van der Waals surface area contributed by atoms with Crippen LogP contribution in [0.4, 0.5) is 0 Å². The van der Waals surface area contributed by atoms with Crippen LogP contribution in [-0.4, -0.2) is 17.7 Å². The van der Waals surface area contributed by atoms with E-state index in [2.05, 4.69) is 0 Å². The number of carboxylic acids is 1. The highest BCUT2D eigenvalue weighted by molar-refractivity contribution is 5.99. The lowest BCUT2D eigenvalue weighted by atomic mass is 10.0. The van der Waals surface area contributed by atoms with Crippen LogP contribution in [-0.2, 0) is 0 Å². The van der Waals surface area contributed by atoms with Gasteiger partial charge < -0.3 is 19.3 Å². The van der Waals surface area contributed by atoms with Gasteiger partial charge in [-0.1, -0.05) is 6.92 Å². The summed E-state index contributed by atoms with van der Waals surface area (Å²) in [5.41, 5.74) is 1.95. The van der Waals surface area contributed by atoms with Crippen molar-refractivity contribution in [1.82, 2.24) is 0 Å². The molecule has 0 unspecified atom stereocenters. The molecule has 1 N–H and O–H groups in total. The van der Waals surface area contributed by atoms with E-state index < -0.39 is 5.97 Å². The molecule has 0 amide bonds. The zero-order valence-corrected chi connectivity index (χ0v) is 11.3. The molecule has 0 radical (unpaired) electrons. The van der Waals surface area contributed by atoms with Gasteiger partial charge in [0.1, 0.15) is 5.56 Å². The number of carboxylic acid groups (broad SMARTS) is 1. The van der Waals surface area contributed by atoms with Crippen LogP contribution < -0.4 is 14.2 Å². The second-order valence-corrected chi connectivity index (χ2v) is 4.95. The first-order valence-corrected chi connectivity index (χ1v) is 6.77. The van der Waals surface area contributed by atoms with E-state index in [-0.39, 0.29) is 5.56 Å². The van der Waals surface area contributed by atoms with Crippen molar-refractivity contribution in [3.63, 3.8) is 0 Å². The fourth-order valence-electron chi connectivity index (χ4n) is 2.39. The third-order valence-corrected chi connectivity index (χ3v) is 3.50. The summed E-state index contributed by atoms with van der Waals surface area (Å²) in [6, 6.07) is 7.09. The minimum atomic E-state index is -0.981. The lowest BCUT2D eigenvalue weighted by molar-refractivity contribution is 0.0696. The van der Waals surface area contributed by atoms with Gasteiger partial charge in [-0.2, -0.15) is 0 Å². The van der Waals surface area contributed by atoms with Crippen molar-refractivity contribution < 1.29 is 24.1 Å². The Bertz CT molecular complexity index is 779. The van der Waals surface area contributed by atoms with Crippen molar-refractivity contribution in [2.75, 3.05) is 6.61 Å². The van der Waals surface area contributed by atoms with Gasteiger partial charge in [-0.3, -0.25) is 0 Å². The van der Waals surface area contributed by atoms with Gasteiger partial charge in [0.25, 0.3) is 0 Å². The first-order valence-electron chi connectivity index (χ1n) is 6.77. The van der Waals surface area contributed by atoms with Crippen LogP contribution in [0.2, 0.25) is 0 Å². The summed E-state index contributed by atoms with van der Waals surface area (Å²) in [5, 5.41) is 9.02. The molecule has 0 saturated heterocycles. The van der Waals surface area contributed by atoms with Crippen molar-refractivity contribution in [2.45, 2.75) is 13.3 Å². The lowest BCUT2D eigenvalue weighted by Gasteiger charge is -2.01. The Balaban J connectivity index is 1.70. The molecule has 0 atom stereocenters. The third-order valence-electron chi connectivity index (χ3n) is 3.50. The Kier molecular flexibility index (Phi) is 2.39.